The molecule has 0 saturated carbocycles. The van der Waals surface area contributed by atoms with Gasteiger partial charge in [-0.25, -0.2) is 13.1 Å². The molecule has 0 amide bonds. The van der Waals surface area contributed by atoms with E-state index in [0.717, 1.165) is 0 Å². The van der Waals surface area contributed by atoms with Crippen LogP contribution in [0, 0.1) is 0 Å². The Morgan fingerprint density at radius 1 is 1.42 bits per heavy atom. The molecule has 0 aliphatic heterocycles. The average molecular weight is 287 g/mol. The summed E-state index contributed by atoms with van der Waals surface area (Å²) in [6.07, 6.45) is 0.145. The summed E-state index contributed by atoms with van der Waals surface area (Å²) in [5, 5.41) is 12.2. The standard InChI is InChI=1S/C12H21N3O3S/c1-3-15-19(17,18)10-4-5-11(13)12(8-10)14-7-6-9(2)16/h4-5,8-9,14-16H,3,6-7,13H2,1-2H3. The molecule has 0 aliphatic carbocycles. The van der Waals surface area contributed by atoms with Gasteiger partial charge < -0.3 is 16.2 Å². The second-order valence-corrected chi connectivity index (χ2v) is 6.08. The Labute approximate surface area is 114 Å². The predicted molar refractivity (Wildman–Crippen MR) is 76.5 cm³/mol. The minimum Gasteiger partial charge on any atom is -0.397 e. The van der Waals surface area contributed by atoms with Gasteiger partial charge in [0, 0.05) is 13.1 Å². The third-order valence-electron chi connectivity index (χ3n) is 2.55. The van der Waals surface area contributed by atoms with Crippen LogP contribution in [0.25, 0.3) is 0 Å². The Morgan fingerprint density at radius 2 is 2.11 bits per heavy atom. The fourth-order valence-corrected chi connectivity index (χ4v) is 2.61. The molecular formula is C12H21N3O3S. The molecule has 108 valence electrons. The van der Waals surface area contributed by atoms with Crippen molar-refractivity contribution in [2.45, 2.75) is 31.3 Å². The number of aliphatic hydroxyl groups is 1. The van der Waals surface area contributed by atoms with Crippen molar-refractivity contribution < 1.29 is 13.5 Å². The Balaban J connectivity index is 2.88. The Bertz CT molecular complexity index is 515. The van der Waals surface area contributed by atoms with Gasteiger partial charge >= 0.3 is 0 Å². The van der Waals surface area contributed by atoms with Gasteiger partial charge in [-0.3, -0.25) is 0 Å². The van der Waals surface area contributed by atoms with Crippen molar-refractivity contribution in [3.63, 3.8) is 0 Å². The molecular weight excluding hydrogens is 266 g/mol. The predicted octanol–water partition coefficient (Wildman–Crippen LogP) is 0.750. The van der Waals surface area contributed by atoms with Crippen molar-refractivity contribution in [3.05, 3.63) is 18.2 Å². The van der Waals surface area contributed by atoms with Crippen LogP contribution in [-0.4, -0.2) is 32.7 Å². The summed E-state index contributed by atoms with van der Waals surface area (Å²) in [5.74, 6) is 0. The summed E-state index contributed by atoms with van der Waals surface area (Å²) in [5.41, 5.74) is 6.81. The molecule has 19 heavy (non-hydrogen) atoms. The highest BCUT2D eigenvalue weighted by Gasteiger charge is 2.14. The summed E-state index contributed by atoms with van der Waals surface area (Å²) in [7, 11) is -3.49. The lowest BCUT2D eigenvalue weighted by Crippen LogP contribution is -2.23. The van der Waals surface area contributed by atoms with Crippen molar-refractivity contribution >= 4 is 21.4 Å². The molecule has 1 aromatic rings. The van der Waals surface area contributed by atoms with Crippen LogP contribution in [0.4, 0.5) is 11.4 Å². The number of nitrogens with two attached hydrogens (primary N) is 1. The number of aliphatic hydroxyl groups excluding tert-OH is 1. The van der Waals surface area contributed by atoms with Crippen molar-refractivity contribution in [3.8, 4) is 0 Å². The van der Waals surface area contributed by atoms with Crippen LogP contribution in [0.1, 0.15) is 20.3 Å². The van der Waals surface area contributed by atoms with Gasteiger partial charge in [-0.2, -0.15) is 0 Å². The van der Waals surface area contributed by atoms with Crippen LogP contribution in [0.2, 0.25) is 0 Å². The topological polar surface area (TPSA) is 104 Å². The van der Waals surface area contributed by atoms with Gasteiger partial charge in [-0.1, -0.05) is 6.92 Å². The number of anilines is 2. The zero-order chi connectivity index (χ0) is 14.5. The molecule has 0 saturated heterocycles. The summed E-state index contributed by atoms with van der Waals surface area (Å²) in [4.78, 5) is 0.170. The summed E-state index contributed by atoms with van der Waals surface area (Å²) < 4.78 is 26.1. The monoisotopic (exact) mass is 287 g/mol. The zero-order valence-corrected chi connectivity index (χ0v) is 12.0. The fourth-order valence-electron chi connectivity index (χ4n) is 1.54. The quantitative estimate of drug-likeness (QED) is 0.554. The Hall–Kier alpha value is -1.31. The van der Waals surface area contributed by atoms with E-state index >= 15 is 0 Å². The van der Waals surface area contributed by atoms with Crippen LogP contribution < -0.4 is 15.8 Å². The number of hydrogen-bond donors (Lipinski definition) is 4. The molecule has 0 bridgehead atoms. The molecule has 0 fully saturated rings. The third kappa shape index (κ3) is 4.70. The highest BCUT2D eigenvalue weighted by Crippen LogP contribution is 2.22. The van der Waals surface area contributed by atoms with Crippen molar-refractivity contribution in [2.75, 3.05) is 24.1 Å². The van der Waals surface area contributed by atoms with Crippen LogP contribution in [0.15, 0.2) is 23.1 Å². The highest BCUT2D eigenvalue weighted by atomic mass is 32.2. The molecule has 1 atom stereocenters. The summed E-state index contributed by atoms with van der Waals surface area (Å²) in [6, 6.07) is 4.51. The van der Waals surface area contributed by atoms with Gasteiger partial charge in [0.15, 0.2) is 0 Å². The number of rotatable bonds is 7. The SMILES string of the molecule is CCNS(=O)(=O)c1ccc(N)c(NCCC(C)O)c1. The lowest BCUT2D eigenvalue weighted by molar-refractivity contribution is 0.189. The Morgan fingerprint density at radius 3 is 2.68 bits per heavy atom. The summed E-state index contributed by atoms with van der Waals surface area (Å²) >= 11 is 0. The second kappa shape index (κ2) is 6.74. The van der Waals surface area contributed by atoms with Crippen molar-refractivity contribution in [2.24, 2.45) is 0 Å². The largest absolute Gasteiger partial charge is 0.397 e. The Kier molecular flexibility index (Phi) is 5.59. The molecule has 0 heterocycles. The molecule has 0 aliphatic rings. The minimum atomic E-state index is -3.49. The zero-order valence-electron chi connectivity index (χ0n) is 11.2. The molecule has 1 unspecified atom stereocenters. The lowest BCUT2D eigenvalue weighted by Gasteiger charge is -2.12. The van der Waals surface area contributed by atoms with Crippen molar-refractivity contribution in [1.82, 2.24) is 4.72 Å². The average Bonchev–Trinajstić information content (AvgIpc) is 2.30. The number of sulfonamides is 1. The third-order valence-corrected chi connectivity index (χ3v) is 4.09. The molecule has 1 rings (SSSR count). The van der Waals surface area contributed by atoms with E-state index in [1.165, 1.54) is 12.1 Å². The first-order valence-corrected chi connectivity index (χ1v) is 7.66. The van der Waals surface area contributed by atoms with Crippen LogP contribution >= 0.6 is 0 Å². The molecule has 5 N–H and O–H groups in total. The minimum absolute atomic E-state index is 0.170. The normalized spacial score (nSPS) is 13.2. The molecule has 6 nitrogen and oxygen atoms in total. The van der Waals surface area contributed by atoms with Gasteiger partial charge in [0.1, 0.15) is 0 Å². The molecule has 0 spiro atoms. The fraction of sp³-hybridized carbons (Fsp3) is 0.500. The smallest absolute Gasteiger partial charge is 0.240 e. The van der Waals surface area contributed by atoms with Crippen LogP contribution in [0.3, 0.4) is 0 Å². The number of benzene rings is 1. The van der Waals surface area contributed by atoms with Gasteiger partial charge in [0.2, 0.25) is 10.0 Å². The van der Waals surface area contributed by atoms with Crippen molar-refractivity contribution in [1.29, 1.82) is 0 Å². The van der Waals surface area contributed by atoms with Gasteiger partial charge in [0.05, 0.1) is 22.4 Å². The molecule has 0 aromatic heterocycles. The molecule has 1 aromatic carbocycles. The maximum Gasteiger partial charge on any atom is 0.240 e. The molecule has 0 radical (unpaired) electrons. The second-order valence-electron chi connectivity index (χ2n) is 4.31. The van der Waals surface area contributed by atoms with Gasteiger partial charge in [-0.05, 0) is 31.5 Å². The first-order chi connectivity index (χ1) is 8.86. The van der Waals surface area contributed by atoms with Gasteiger partial charge in [0.25, 0.3) is 0 Å². The lowest BCUT2D eigenvalue weighted by atomic mass is 10.2. The number of nitrogens with one attached hydrogen (secondary N) is 2. The number of nitrogen functional groups attached to an aromatic ring is 1. The maximum atomic E-state index is 11.9. The van der Waals surface area contributed by atoms with E-state index in [1.807, 2.05) is 0 Å². The van der Waals surface area contributed by atoms with Gasteiger partial charge in [-0.15, -0.1) is 0 Å². The van der Waals surface area contributed by atoms with Crippen LogP contribution in [-0.2, 0) is 10.0 Å². The van der Waals surface area contributed by atoms with E-state index in [1.54, 1.807) is 19.9 Å². The van der Waals surface area contributed by atoms with E-state index in [9.17, 15) is 13.5 Å². The maximum absolute atomic E-state index is 11.9. The molecule has 7 heteroatoms. The first-order valence-electron chi connectivity index (χ1n) is 6.18. The van der Waals surface area contributed by atoms with E-state index in [0.29, 0.717) is 30.9 Å². The van der Waals surface area contributed by atoms with E-state index in [-0.39, 0.29) is 4.90 Å². The van der Waals surface area contributed by atoms with Crippen LogP contribution in [0.5, 0.6) is 0 Å². The highest BCUT2D eigenvalue weighted by molar-refractivity contribution is 7.89. The van der Waals surface area contributed by atoms with E-state index in [4.69, 9.17) is 5.73 Å². The first kappa shape index (κ1) is 15.7. The number of hydrogen-bond acceptors (Lipinski definition) is 5. The summed E-state index contributed by atoms with van der Waals surface area (Å²) in [6.45, 7) is 4.26. The van der Waals surface area contributed by atoms with E-state index in [2.05, 4.69) is 10.0 Å². The van der Waals surface area contributed by atoms with E-state index < -0.39 is 16.1 Å².